The molecular weight excluding hydrogens is 458 g/mol. The van der Waals surface area contributed by atoms with Gasteiger partial charge in [0.25, 0.3) is 0 Å². The quantitative estimate of drug-likeness (QED) is 0.454. The topological polar surface area (TPSA) is 79.9 Å². The fraction of sp³-hybridized carbons (Fsp3) is 0.600. The Bertz CT molecular complexity index is 1060. The Labute approximate surface area is 212 Å². The zero-order valence-electron chi connectivity index (χ0n) is 20.9. The molecule has 10 heteroatoms. The number of thioether (sulfide) groups is 1. The summed E-state index contributed by atoms with van der Waals surface area (Å²) in [4.78, 5) is 4.95. The molecule has 0 bridgehead atoms. The van der Waals surface area contributed by atoms with Gasteiger partial charge in [0.2, 0.25) is 0 Å². The van der Waals surface area contributed by atoms with Gasteiger partial charge in [-0.25, -0.2) is 4.68 Å². The number of hydrogen-bond donors (Lipinski definition) is 1. The first-order valence-electron chi connectivity index (χ1n) is 12.7. The van der Waals surface area contributed by atoms with Crippen molar-refractivity contribution in [2.75, 3.05) is 48.0 Å². The van der Waals surface area contributed by atoms with Gasteiger partial charge in [-0.15, -0.1) is 5.10 Å². The highest BCUT2D eigenvalue weighted by molar-refractivity contribution is 7.98. The van der Waals surface area contributed by atoms with E-state index in [1.165, 1.54) is 11.4 Å². The number of aryl methyl sites for hydroxylation is 2. The van der Waals surface area contributed by atoms with Gasteiger partial charge < -0.3 is 15.1 Å². The maximum atomic E-state index is 4.62. The molecule has 2 saturated heterocycles. The van der Waals surface area contributed by atoms with E-state index in [4.69, 9.17) is 0 Å². The van der Waals surface area contributed by atoms with Crippen molar-refractivity contribution >= 4 is 23.1 Å². The SMILES string of the molecule is CSCCCn1nnnc1C1(NC2CCCN(c3cnn(C)c3)C2)CCN(c2ccccc2)CC1. The summed E-state index contributed by atoms with van der Waals surface area (Å²) in [6.45, 7) is 4.87. The first-order valence-corrected chi connectivity index (χ1v) is 14.1. The summed E-state index contributed by atoms with van der Waals surface area (Å²) >= 11 is 1.87. The number of tetrazole rings is 1. The largest absolute Gasteiger partial charge is 0.371 e. The minimum Gasteiger partial charge on any atom is -0.371 e. The van der Waals surface area contributed by atoms with Crippen LogP contribution in [0.25, 0.3) is 0 Å². The smallest absolute Gasteiger partial charge is 0.171 e. The number of nitrogens with zero attached hydrogens (tertiary/aromatic N) is 8. The Morgan fingerprint density at radius 2 is 1.91 bits per heavy atom. The van der Waals surface area contributed by atoms with Crippen molar-refractivity contribution in [1.29, 1.82) is 0 Å². The van der Waals surface area contributed by atoms with Crippen LogP contribution in [0.15, 0.2) is 42.7 Å². The van der Waals surface area contributed by atoms with E-state index in [0.717, 1.165) is 76.4 Å². The first kappa shape index (κ1) is 24.1. The number of rotatable bonds is 9. The number of para-hydroxylation sites is 1. The highest BCUT2D eigenvalue weighted by Gasteiger charge is 2.42. The third kappa shape index (κ3) is 5.48. The lowest BCUT2D eigenvalue weighted by molar-refractivity contribution is 0.199. The van der Waals surface area contributed by atoms with Gasteiger partial charge in [0.05, 0.1) is 17.4 Å². The molecule has 1 unspecified atom stereocenters. The molecule has 2 aliphatic heterocycles. The lowest BCUT2D eigenvalue weighted by atomic mass is 9.84. The van der Waals surface area contributed by atoms with Gasteiger partial charge in [-0.2, -0.15) is 16.9 Å². The molecule has 0 radical (unpaired) electrons. The highest BCUT2D eigenvalue weighted by Crippen LogP contribution is 2.35. The predicted octanol–water partition coefficient (Wildman–Crippen LogP) is 2.91. The van der Waals surface area contributed by atoms with E-state index in [1.54, 1.807) is 0 Å². The van der Waals surface area contributed by atoms with E-state index >= 15 is 0 Å². The summed E-state index contributed by atoms with van der Waals surface area (Å²) in [5.74, 6) is 2.12. The van der Waals surface area contributed by atoms with Crippen LogP contribution < -0.4 is 15.1 Å². The molecule has 1 atom stereocenters. The normalized spacial score (nSPS) is 20.3. The molecule has 0 saturated carbocycles. The van der Waals surface area contributed by atoms with E-state index in [0.29, 0.717) is 6.04 Å². The van der Waals surface area contributed by atoms with Crippen LogP contribution in [0.5, 0.6) is 0 Å². The third-order valence-corrected chi connectivity index (χ3v) is 8.07. The molecule has 2 aliphatic rings. The van der Waals surface area contributed by atoms with E-state index in [-0.39, 0.29) is 5.54 Å². The average Bonchev–Trinajstić information content (AvgIpc) is 3.55. The molecule has 188 valence electrons. The minimum absolute atomic E-state index is 0.225. The van der Waals surface area contributed by atoms with Crippen molar-refractivity contribution < 1.29 is 0 Å². The molecule has 4 heterocycles. The number of anilines is 2. The van der Waals surface area contributed by atoms with Gasteiger partial charge in [-0.3, -0.25) is 4.68 Å². The number of nitrogens with one attached hydrogen (secondary N) is 1. The van der Waals surface area contributed by atoms with Gasteiger partial charge in [0.15, 0.2) is 5.82 Å². The molecule has 9 nitrogen and oxygen atoms in total. The van der Waals surface area contributed by atoms with Crippen LogP contribution in [0.2, 0.25) is 0 Å². The van der Waals surface area contributed by atoms with Crippen LogP contribution in [0.3, 0.4) is 0 Å². The molecular formula is C25H37N9S. The van der Waals surface area contributed by atoms with E-state index in [9.17, 15) is 0 Å². The molecule has 0 amide bonds. The summed E-state index contributed by atoms with van der Waals surface area (Å²) in [6, 6.07) is 11.1. The van der Waals surface area contributed by atoms with Crippen molar-refractivity contribution in [3.8, 4) is 0 Å². The zero-order valence-corrected chi connectivity index (χ0v) is 21.7. The van der Waals surface area contributed by atoms with Crippen molar-refractivity contribution in [2.45, 2.75) is 50.2 Å². The predicted molar refractivity (Wildman–Crippen MR) is 142 cm³/mol. The molecule has 0 aliphatic carbocycles. The minimum atomic E-state index is -0.225. The monoisotopic (exact) mass is 495 g/mol. The Morgan fingerprint density at radius 3 is 2.66 bits per heavy atom. The molecule has 35 heavy (non-hydrogen) atoms. The second-order valence-corrected chi connectivity index (χ2v) is 10.8. The van der Waals surface area contributed by atoms with Gasteiger partial charge in [-0.05, 0) is 66.7 Å². The van der Waals surface area contributed by atoms with Gasteiger partial charge in [0.1, 0.15) is 0 Å². The Kier molecular flexibility index (Phi) is 7.57. The van der Waals surface area contributed by atoms with Gasteiger partial charge in [0, 0.05) is 57.7 Å². The molecule has 2 aromatic heterocycles. The molecule has 2 fully saturated rings. The molecule has 0 spiro atoms. The standard InChI is InChI=1S/C25H37N9S/c1-31-20-23(18-26-31)33-13-6-8-21(19-33)27-25(24-28-29-30-34(24)14-7-17-35-2)11-15-32(16-12-25)22-9-4-3-5-10-22/h3-5,9-10,18,20-21,27H,6-8,11-17,19H2,1-2H3. The maximum Gasteiger partial charge on any atom is 0.171 e. The lowest BCUT2D eigenvalue weighted by Crippen LogP contribution is -2.59. The molecule has 1 N–H and O–H groups in total. The van der Waals surface area contributed by atoms with E-state index < -0.39 is 0 Å². The first-order chi connectivity index (χ1) is 17.2. The van der Waals surface area contributed by atoms with Crippen molar-refractivity contribution in [2.24, 2.45) is 7.05 Å². The maximum absolute atomic E-state index is 4.62. The third-order valence-electron chi connectivity index (χ3n) is 7.37. The van der Waals surface area contributed by atoms with Crippen molar-refractivity contribution in [3.63, 3.8) is 0 Å². The average molecular weight is 496 g/mol. The number of hydrogen-bond acceptors (Lipinski definition) is 8. The lowest BCUT2D eigenvalue weighted by Gasteiger charge is -2.46. The van der Waals surface area contributed by atoms with Crippen molar-refractivity contribution in [3.05, 3.63) is 48.5 Å². The fourth-order valence-corrected chi connectivity index (χ4v) is 5.98. The van der Waals surface area contributed by atoms with Crippen LogP contribution in [0.1, 0.15) is 37.9 Å². The zero-order chi connectivity index (χ0) is 24.1. The number of aromatic nitrogens is 6. The van der Waals surface area contributed by atoms with Crippen molar-refractivity contribution in [1.82, 2.24) is 35.3 Å². The number of piperidine rings is 2. The summed E-state index contributed by atoms with van der Waals surface area (Å²) in [5, 5.41) is 21.7. The Balaban J connectivity index is 1.36. The second-order valence-electron chi connectivity index (χ2n) is 9.78. The molecule has 5 rings (SSSR count). The Hall–Kier alpha value is -2.59. The summed E-state index contributed by atoms with van der Waals surface area (Å²) in [5.41, 5.74) is 2.27. The van der Waals surface area contributed by atoms with Crippen LogP contribution in [0.4, 0.5) is 11.4 Å². The van der Waals surface area contributed by atoms with Crippen LogP contribution in [-0.4, -0.2) is 74.2 Å². The van der Waals surface area contributed by atoms with E-state index in [1.807, 2.05) is 29.7 Å². The molecule has 1 aromatic carbocycles. The fourth-order valence-electron chi connectivity index (χ4n) is 5.57. The summed E-state index contributed by atoms with van der Waals surface area (Å²) in [6.07, 6.45) is 11.6. The van der Waals surface area contributed by atoms with Crippen LogP contribution >= 0.6 is 11.8 Å². The summed E-state index contributed by atoms with van der Waals surface area (Å²) in [7, 11) is 1.98. The number of benzene rings is 1. The van der Waals surface area contributed by atoms with Gasteiger partial charge in [-0.1, -0.05) is 18.2 Å². The van der Waals surface area contributed by atoms with Crippen LogP contribution in [-0.2, 0) is 19.1 Å². The Morgan fingerprint density at radius 1 is 1.09 bits per heavy atom. The highest BCUT2D eigenvalue weighted by atomic mass is 32.2. The second kappa shape index (κ2) is 11.0. The van der Waals surface area contributed by atoms with Gasteiger partial charge >= 0.3 is 0 Å². The van der Waals surface area contributed by atoms with E-state index in [2.05, 4.69) is 83.2 Å². The summed E-state index contributed by atoms with van der Waals surface area (Å²) < 4.78 is 3.94. The van der Waals surface area contributed by atoms with Crippen LogP contribution in [0, 0.1) is 0 Å². The molecule has 3 aromatic rings.